The van der Waals surface area contributed by atoms with E-state index in [0.29, 0.717) is 11.6 Å². The highest BCUT2D eigenvalue weighted by Crippen LogP contribution is 2.32. The van der Waals surface area contributed by atoms with Crippen molar-refractivity contribution in [2.24, 2.45) is 7.05 Å². The Hall–Kier alpha value is -1.81. The van der Waals surface area contributed by atoms with E-state index >= 15 is 0 Å². The fourth-order valence-electron chi connectivity index (χ4n) is 2.23. The molecule has 0 radical (unpaired) electrons. The third-order valence-electron chi connectivity index (χ3n) is 3.09. The summed E-state index contributed by atoms with van der Waals surface area (Å²) in [4.78, 5) is 4.19. The molecule has 1 unspecified atom stereocenters. The van der Waals surface area contributed by atoms with E-state index in [0.717, 1.165) is 16.7 Å². The van der Waals surface area contributed by atoms with Gasteiger partial charge in [-0.1, -0.05) is 6.07 Å². The van der Waals surface area contributed by atoms with Crippen molar-refractivity contribution in [3.8, 4) is 5.75 Å². The SMILES string of the molecule is COc1cc(C)cc(C)c1C(O)c1nccn1C. The number of aryl methyl sites for hydroxylation is 3. The smallest absolute Gasteiger partial charge is 0.142 e. The molecule has 0 aliphatic heterocycles. The molecule has 4 heteroatoms. The third kappa shape index (κ3) is 2.11. The molecule has 0 saturated carbocycles. The highest BCUT2D eigenvalue weighted by atomic mass is 16.5. The molecule has 18 heavy (non-hydrogen) atoms. The fourth-order valence-corrected chi connectivity index (χ4v) is 2.23. The van der Waals surface area contributed by atoms with Crippen LogP contribution in [0.3, 0.4) is 0 Å². The monoisotopic (exact) mass is 246 g/mol. The minimum Gasteiger partial charge on any atom is -0.496 e. The summed E-state index contributed by atoms with van der Waals surface area (Å²) in [5.41, 5.74) is 2.89. The van der Waals surface area contributed by atoms with Crippen LogP contribution in [0.2, 0.25) is 0 Å². The first-order valence-corrected chi connectivity index (χ1v) is 5.85. The lowest BCUT2D eigenvalue weighted by Gasteiger charge is -2.18. The number of hydrogen-bond acceptors (Lipinski definition) is 3. The molecule has 0 aliphatic carbocycles. The zero-order valence-electron chi connectivity index (χ0n) is 11.1. The Bertz CT molecular complexity index is 561. The Kier molecular flexibility index (Phi) is 3.39. The number of nitrogens with zero attached hydrogens (tertiary/aromatic N) is 2. The molecular formula is C14H18N2O2. The molecule has 1 aromatic carbocycles. The minimum atomic E-state index is -0.777. The van der Waals surface area contributed by atoms with Crippen LogP contribution >= 0.6 is 0 Å². The number of aromatic nitrogens is 2. The van der Waals surface area contributed by atoms with Crippen LogP contribution in [-0.4, -0.2) is 21.8 Å². The lowest BCUT2D eigenvalue weighted by atomic mass is 9.99. The van der Waals surface area contributed by atoms with Crippen LogP contribution in [0.25, 0.3) is 0 Å². The summed E-state index contributed by atoms with van der Waals surface area (Å²) in [6, 6.07) is 3.96. The van der Waals surface area contributed by atoms with Crippen molar-refractivity contribution in [2.45, 2.75) is 20.0 Å². The van der Waals surface area contributed by atoms with Gasteiger partial charge in [-0.3, -0.25) is 0 Å². The first-order chi connectivity index (χ1) is 8.54. The number of hydrogen-bond donors (Lipinski definition) is 1. The molecule has 0 amide bonds. The van der Waals surface area contributed by atoms with E-state index in [1.807, 2.05) is 43.8 Å². The van der Waals surface area contributed by atoms with Gasteiger partial charge in [0.25, 0.3) is 0 Å². The summed E-state index contributed by atoms with van der Waals surface area (Å²) < 4.78 is 7.18. The zero-order valence-corrected chi connectivity index (χ0v) is 11.1. The van der Waals surface area contributed by atoms with Gasteiger partial charge in [-0.15, -0.1) is 0 Å². The van der Waals surface area contributed by atoms with Crippen molar-refractivity contribution >= 4 is 0 Å². The molecule has 1 N–H and O–H groups in total. The predicted molar refractivity (Wildman–Crippen MR) is 69.7 cm³/mol. The summed E-state index contributed by atoms with van der Waals surface area (Å²) in [5.74, 6) is 1.31. The fraction of sp³-hybridized carbons (Fsp3) is 0.357. The topological polar surface area (TPSA) is 47.3 Å². The number of aliphatic hydroxyl groups is 1. The molecule has 0 fully saturated rings. The first-order valence-electron chi connectivity index (χ1n) is 5.85. The second-order valence-electron chi connectivity index (χ2n) is 4.50. The van der Waals surface area contributed by atoms with Crippen LogP contribution in [0, 0.1) is 13.8 Å². The Morgan fingerprint density at radius 1 is 1.33 bits per heavy atom. The van der Waals surface area contributed by atoms with Gasteiger partial charge >= 0.3 is 0 Å². The second-order valence-corrected chi connectivity index (χ2v) is 4.50. The number of rotatable bonds is 3. The van der Waals surface area contributed by atoms with Crippen LogP contribution in [0.15, 0.2) is 24.5 Å². The van der Waals surface area contributed by atoms with Gasteiger partial charge in [-0.2, -0.15) is 0 Å². The van der Waals surface area contributed by atoms with Gasteiger partial charge in [0.15, 0.2) is 0 Å². The highest BCUT2D eigenvalue weighted by molar-refractivity contribution is 5.46. The zero-order chi connectivity index (χ0) is 13.3. The lowest BCUT2D eigenvalue weighted by molar-refractivity contribution is 0.200. The molecule has 1 heterocycles. The minimum absolute atomic E-state index is 0.611. The maximum Gasteiger partial charge on any atom is 0.142 e. The Balaban J connectivity index is 2.54. The summed E-state index contributed by atoms with van der Waals surface area (Å²) in [6.07, 6.45) is 2.71. The maximum atomic E-state index is 10.5. The largest absolute Gasteiger partial charge is 0.496 e. The van der Waals surface area contributed by atoms with Crippen LogP contribution in [0.5, 0.6) is 5.75 Å². The van der Waals surface area contributed by atoms with Crippen molar-refractivity contribution in [2.75, 3.05) is 7.11 Å². The van der Waals surface area contributed by atoms with Crippen LogP contribution in [-0.2, 0) is 7.05 Å². The van der Waals surface area contributed by atoms with E-state index in [1.165, 1.54) is 0 Å². The van der Waals surface area contributed by atoms with Gasteiger partial charge in [0.05, 0.1) is 7.11 Å². The molecule has 1 atom stereocenters. The van der Waals surface area contributed by atoms with Crippen molar-refractivity contribution in [3.05, 3.63) is 47.0 Å². The van der Waals surface area contributed by atoms with Crippen molar-refractivity contribution in [3.63, 3.8) is 0 Å². The first kappa shape index (κ1) is 12.6. The van der Waals surface area contributed by atoms with E-state index in [9.17, 15) is 5.11 Å². The van der Waals surface area contributed by atoms with E-state index in [1.54, 1.807) is 13.3 Å². The summed E-state index contributed by atoms with van der Waals surface area (Å²) in [5, 5.41) is 10.5. The lowest BCUT2D eigenvalue weighted by Crippen LogP contribution is -2.10. The predicted octanol–water partition coefficient (Wildman–Crippen LogP) is 2.13. The van der Waals surface area contributed by atoms with E-state index in [2.05, 4.69) is 4.98 Å². The summed E-state index contributed by atoms with van der Waals surface area (Å²) in [6.45, 7) is 3.98. The molecular weight excluding hydrogens is 228 g/mol. The van der Waals surface area contributed by atoms with Gasteiger partial charge in [0.2, 0.25) is 0 Å². The van der Waals surface area contributed by atoms with Crippen LogP contribution < -0.4 is 4.74 Å². The second kappa shape index (κ2) is 4.82. The van der Waals surface area contributed by atoms with Crippen LogP contribution in [0.4, 0.5) is 0 Å². The van der Waals surface area contributed by atoms with Gasteiger partial charge in [0.1, 0.15) is 17.7 Å². The van der Waals surface area contributed by atoms with Gasteiger partial charge in [-0.25, -0.2) is 4.98 Å². The average molecular weight is 246 g/mol. The maximum absolute atomic E-state index is 10.5. The molecule has 2 rings (SSSR count). The Morgan fingerprint density at radius 2 is 2.06 bits per heavy atom. The Morgan fingerprint density at radius 3 is 2.61 bits per heavy atom. The summed E-state index contributed by atoms with van der Waals surface area (Å²) in [7, 11) is 3.48. The standard InChI is InChI=1S/C14H18N2O2/c1-9-7-10(2)12(11(8-9)18-4)13(17)14-15-5-6-16(14)3/h5-8,13,17H,1-4H3. The molecule has 0 aliphatic rings. The normalized spacial score (nSPS) is 12.5. The van der Waals surface area contributed by atoms with Crippen molar-refractivity contribution in [1.82, 2.24) is 9.55 Å². The number of aliphatic hydroxyl groups excluding tert-OH is 1. The number of ether oxygens (including phenoxy) is 1. The van der Waals surface area contributed by atoms with E-state index in [-0.39, 0.29) is 0 Å². The van der Waals surface area contributed by atoms with Crippen molar-refractivity contribution in [1.29, 1.82) is 0 Å². The van der Waals surface area contributed by atoms with Gasteiger partial charge in [-0.05, 0) is 31.0 Å². The Labute approximate surface area is 107 Å². The quantitative estimate of drug-likeness (QED) is 0.902. The number of benzene rings is 1. The molecule has 4 nitrogen and oxygen atoms in total. The number of methoxy groups -OCH3 is 1. The molecule has 0 saturated heterocycles. The van der Waals surface area contributed by atoms with Gasteiger partial charge < -0.3 is 14.4 Å². The van der Waals surface area contributed by atoms with Crippen molar-refractivity contribution < 1.29 is 9.84 Å². The molecule has 2 aromatic rings. The number of imidazole rings is 1. The molecule has 0 spiro atoms. The highest BCUT2D eigenvalue weighted by Gasteiger charge is 2.21. The molecule has 1 aromatic heterocycles. The van der Waals surface area contributed by atoms with E-state index < -0.39 is 6.10 Å². The third-order valence-corrected chi connectivity index (χ3v) is 3.09. The van der Waals surface area contributed by atoms with E-state index in [4.69, 9.17) is 4.74 Å². The average Bonchev–Trinajstić information content (AvgIpc) is 2.73. The summed E-state index contributed by atoms with van der Waals surface area (Å²) >= 11 is 0. The van der Waals surface area contributed by atoms with Crippen LogP contribution in [0.1, 0.15) is 28.6 Å². The molecule has 96 valence electrons. The van der Waals surface area contributed by atoms with Gasteiger partial charge in [0, 0.05) is 25.0 Å². The molecule has 0 bridgehead atoms.